The van der Waals surface area contributed by atoms with E-state index in [2.05, 4.69) is 10.1 Å². The summed E-state index contributed by atoms with van der Waals surface area (Å²) in [7, 11) is 1.19. The van der Waals surface area contributed by atoms with Gasteiger partial charge in [0.2, 0.25) is 5.91 Å². The molecule has 0 bridgehead atoms. The van der Waals surface area contributed by atoms with Crippen LogP contribution in [-0.2, 0) is 14.3 Å². The quantitative estimate of drug-likeness (QED) is 0.579. The fourth-order valence-corrected chi connectivity index (χ4v) is 1.20. The van der Waals surface area contributed by atoms with Crippen molar-refractivity contribution in [3.05, 3.63) is 29.8 Å². The number of primary amides is 1. The molecule has 6 nitrogen and oxygen atoms in total. The lowest BCUT2D eigenvalue weighted by Gasteiger charge is -2.07. The van der Waals surface area contributed by atoms with Gasteiger partial charge in [-0.05, 0) is 12.1 Å². The number of benzene rings is 1. The van der Waals surface area contributed by atoms with Crippen LogP contribution in [0.4, 0.5) is 5.69 Å². The molecule has 0 aromatic heterocycles. The first-order valence-electron chi connectivity index (χ1n) is 4.80. The van der Waals surface area contributed by atoms with E-state index in [4.69, 9.17) is 5.73 Å². The van der Waals surface area contributed by atoms with Crippen LogP contribution in [0.1, 0.15) is 16.8 Å². The van der Waals surface area contributed by atoms with Crippen molar-refractivity contribution in [2.75, 3.05) is 12.4 Å². The van der Waals surface area contributed by atoms with Crippen molar-refractivity contribution in [2.24, 2.45) is 5.73 Å². The van der Waals surface area contributed by atoms with E-state index in [0.29, 0.717) is 0 Å². The van der Waals surface area contributed by atoms with Gasteiger partial charge in [-0.25, -0.2) is 0 Å². The Bertz CT molecular complexity index is 457. The van der Waals surface area contributed by atoms with Gasteiger partial charge in [0.15, 0.2) is 0 Å². The fraction of sp³-hybridized carbons (Fsp3) is 0.182. The van der Waals surface area contributed by atoms with Crippen molar-refractivity contribution < 1.29 is 19.1 Å². The van der Waals surface area contributed by atoms with Gasteiger partial charge in [0.05, 0.1) is 18.4 Å². The molecule has 1 aromatic rings. The minimum atomic E-state index is -0.654. The average molecular weight is 236 g/mol. The monoisotopic (exact) mass is 236 g/mol. The van der Waals surface area contributed by atoms with E-state index < -0.39 is 24.2 Å². The molecule has 0 atom stereocenters. The number of carbonyl (C=O) groups is 3. The summed E-state index contributed by atoms with van der Waals surface area (Å²) in [5, 5.41) is 2.42. The number of hydrogen-bond donors (Lipinski definition) is 2. The number of methoxy groups -OCH3 is 1. The molecule has 1 rings (SSSR count). The van der Waals surface area contributed by atoms with Crippen molar-refractivity contribution >= 4 is 23.5 Å². The Kier molecular flexibility index (Phi) is 4.21. The fourth-order valence-electron chi connectivity index (χ4n) is 1.20. The first-order valence-corrected chi connectivity index (χ1v) is 4.80. The zero-order chi connectivity index (χ0) is 12.8. The lowest BCUT2D eigenvalue weighted by atomic mass is 10.1. The van der Waals surface area contributed by atoms with Crippen LogP contribution in [0.15, 0.2) is 24.3 Å². The summed E-state index contributed by atoms with van der Waals surface area (Å²) < 4.78 is 4.34. The number of hydrogen-bond acceptors (Lipinski definition) is 4. The van der Waals surface area contributed by atoms with E-state index in [0.717, 1.165) is 0 Å². The third-order valence-electron chi connectivity index (χ3n) is 2.00. The first-order chi connectivity index (χ1) is 8.04. The van der Waals surface area contributed by atoms with Gasteiger partial charge in [-0.3, -0.25) is 14.4 Å². The van der Waals surface area contributed by atoms with Crippen LogP contribution < -0.4 is 11.1 Å². The minimum Gasteiger partial charge on any atom is -0.469 e. The van der Waals surface area contributed by atoms with Crippen LogP contribution >= 0.6 is 0 Å². The summed E-state index contributed by atoms with van der Waals surface area (Å²) in [6.45, 7) is 0. The standard InChI is InChI=1S/C11H12N2O4/c1-17-10(15)6-9(14)13-8-5-3-2-4-7(8)11(12)16/h2-5H,6H2,1H3,(H2,12,16)(H,13,14). The number of para-hydroxylation sites is 1. The number of rotatable bonds is 4. The molecule has 2 amide bonds. The van der Waals surface area contributed by atoms with Gasteiger partial charge in [-0.2, -0.15) is 0 Å². The predicted molar refractivity (Wildman–Crippen MR) is 60.2 cm³/mol. The van der Waals surface area contributed by atoms with Crippen molar-refractivity contribution in [1.82, 2.24) is 0 Å². The second kappa shape index (κ2) is 5.64. The van der Waals surface area contributed by atoms with Gasteiger partial charge in [0.25, 0.3) is 5.91 Å². The highest BCUT2D eigenvalue weighted by atomic mass is 16.5. The number of nitrogens with one attached hydrogen (secondary N) is 1. The van der Waals surface area contributed by atoms with E-state index >= 15 is 0 Å². The molecular weight excluding hydrogens is 224 g/mol. The number of esters is 1. The van der Waals surface area contributed by atoms with Crippen LogP contribution in [0.3, 0.4) is 0 Å². The molecule has 90 valence electrons. The Hall–Kier alpha value is -2.37. The van der Waals surface area contributed by atoms with Gasteiger partial charge >= 0.3 is 5.97 Å². The predicted octanol–water partition coefficient (Wildman–Crippen LogP) is 0.287. The van der Waals surface area contributed by atoms with Crippen LogP contribution in [0.25, 0.3) is 0 Å². The first kappa shape index (κ1) is 12.7. The zero-order valence-electron chi connectivity index (χ0n) is 9.23. The summed E-state index contributed by atoms with van der Waals surface area (Å²) in [6, 6.07) is 6.27. The third-order valence-corrected chi connectivity index (χ3v) is 2.00. The SMILES string of the molecule is COC(=O)CC(=O)Nc1ccccc1C(N)=O. The Morgan fingerprint density at radius 1 is 1.29 bits per heavy atom. The number of carbonyl (C=O) groups excluding carboxylic acids is 3. The molecule has 0 saturated carbocycles. The summed E-state index contributed by atoms with van der Waals surface area (Å²) >= 11 is 0. The minimum absolute atomic E-state index is 0.186. The maximum Gasteiger partial charge on any atom is 0.315 e. The Morgan fingerprint density at radius 2 is 1.94 bits per heavy atom. The number of ether oxygens (including phenoxy) is 1. The molecule has 0 aliphatic rings. The molecule has 17 heavy (non-hydrogen) atoms. The summed E-state index contributed by atoms with van der Waals surface area (Å²) in [5.41, 5.74) is 5.59. The second-order valence-corrected chi connectivity index (χ2v) is 3.21. The largest absolute Gasteiger partial charge is 0.469 e. The molecule has 0 aliphatic carbocycles. The van der Waals surface area contributed by atoms with E-state index in [1.54, 1.807) is 12.1 Å². The summed E-state index contributed by atoms with van der Waals surface area (Å²) in [4.78, 5) is 33.3. The van der Waals surface area contributed by atoms with Crippen molar-refractivity contribution in [1.29, 1.82) is 0 Å². The maximum atomic E-state index is 11.4. The highest BCUT2D eigenvalue weighted by Crippen LogP contribution is 2.14. The maximum absolute atomic E-state index is 11.4. The highest BCUT2D eigenvalue weighted by Gasteiger charge is 2.13. The third kappa shape index (κ3) is 3.60. The van der Waals surface area contributed by atoms with Crippen LogP contribution in [0, 0.1) is 0 Å². The van der Waals surface area contributed by atoms with Gasteiger partial charge in [0.1, 0.15) is 6.42 Å². The molecule has 0 unspecified atom stereocenters. The van der Waals surface area contributed by atoms with E-state index in [9.17, 15) is 14.4 Å². The summed E-state index contributed by atoms with van der Waals surface area (Å²) in [5.74, 6) is -1.87. The molecule has 0 spiro atoms. The lowest BCUT2D eigenvalue weighted by molar-refractivity contribution is -0.142. The van der Waals surface area contributed by atoms with Crippen molar-refractivity contribution in [3.63, 3.8) is 0 Å². The van der Waals surface area contributed by atoms with Crippen molar-refractivity contribution in [3.8, 4) is 0 Å². The van der Waals surface area contributed by atoms with E-state index in [-0.39, 0.29) is 11.3 Å². The molecule has 0 saturated heterocycles. The average Bonchev–Trinajstić information content (AvgIpc) is 2.29. The molecule has 0 heterocycles. The van der Waals surface area contributed by atoms with Crippen LogP contribution in [0.2, 0.25) is 0 Å². The molecular formula is C11H12N2O4. The Morgan fingerprint density at radius 3 is 2.53 bits per heavy atom. The van der Waals surface area contributed by atoms with E-state index in [1.165, 1.54) is 19.2 Å². The number of nitrogens with two attached hydrogens (primary N) is 1. The van der Waals surface area contributed by atoms with Crippen LogP contribution in [-0.4, -0.2) is 24.9 Å². The normalized spacial score (nSPS) is 9.47. The Labute approximate surface area is 97.7 Å². The second-order valence-electron chi connectivity index (χ2n) is 3.21. The highest BCUT2D eigenvalue weighted by molar-refractivity contribution is 6.06. The Balaban J connectivity index is 2.78. The van der Waals surface area contributed by atoms with E-state index in [1.807, 2.05) is 0 Å². The van der Waals surface area contributed by atoms with Gasteiger partial charge < -0.3 is 15.8 Å². The smallest absolute Gasteiger partial charge is 0.315 e. The molecule has 0 fully saturated rings. The summed E-state index contributed by atoms with van der Waals surface area (Å²) in [6.07, 6.45) is -0.413. The van der Waals surface area contributed by atoms with Gasteiger partial charge in [-0.1, -0.05) is 12.1 Å². The van der Waals surface area contributed by atoms with Gasteiger partial charge in [-0.15, -0.1) is 0 Å². The van der Waals surface area contributed by atoms with Crippen LogP contribution in [0.5, 0.6) is 0 Å². The van der Waals surface area contributed by atoms with Gasteiger partial charge in [0, 0.05) is 0 Å². The zero-order valence-corrected chi connectivity index (χ0v) is 9.23. The lowest BCUT2D eigenvalue weighted by Crippen LogP contribution is -2.20. The number of anilines is 1. The molecule has 1 aromatic carbocycles. The molecule has 0 aliphatic heterocycles. The number of amides is 2. The molecule has 3 N–H and O–H groups in total. The van der Waals surface area contributed by atoms with Crippen molar-refractivity contribution in [2.45, 2.75) is 6.42 Å². The topological polar surface area (TPSA) is 98.5 Å². The molecule has 0 radical (unpaired) electrons. The molecule has 6 heteroatoms.